The molecule has 1 saturated heterocycles. The number of nitrogens with zero attached hydrogens (tertiary/aromatic N) is 1. The monoisotopic (exact) mass is 258 g/mol. The summed E-state index contributed by atoms with van der Waals surface area (Å²) in [5, 5.41) is 1.31. The molecule has 2 rings (SSSR count). The van der Waals surface area contributed by atoms with Gasteiger partial charge in [0, 0.05) is 12.5 Å². The summed E-state index contributed by atoms with van der Waals surface area (Å²) in [4.78, 5) is 11.0. The van der Waals surface area contributed by atoms with Gasteiger partial charge in [-0.25, -0.2) is 18.2 Å². The van der Waals surface area contributed by atoms with Crippen LogP contribution in [0.25, 0.3) is 0 Å². The molecule has 6 heteroatoms. The van der Waals surface area contributed by atoms with Crippen molar-refractivity contribution in [2.45, 2.75) is 24.8 Å². The van der Waals surface area contributed by atoms with Gasteiger partial charge in [0.25, 0.3) is 0 Å². The minimum atomic E-state index is -1.51. The van der Waals surface area contributed by atoms with E-state index in [4.69, 9.17) is 5.84 Å². The number of rotatable bonds is 2. The maximum Gasteiger partial charge on any atom is 0.194 e. The summed E-state index contributed by atoms with van der Waals surface area (Å²) in [6.45, 7) is 0.519. The van der Waals surface area contributed by atoms with Gasteiger partial charge >= 0.3 is 0 Å². The van der Waals surface area contributed by atoms with Gasteiger partial charge in [-0.1, -0.05) is 6.07 Å². The Labute approximate surface area is 102 Å². The minimum Gasteiger partial charge on any atom is -0.302 e. The molecule has 0 radical (unpaired) electrons. The number of benzene rings is 1. The Balaban J connectivity index is 2.41. The van der Waals surface area contributed by atoms with Crippen LogP contribution < -0.4 is 5.84 Å². The number of carbonyl (C=O) groups excluding carboxylic acids is 1. The normalized spacial score (nSPS) is 25.1. The Kier molecular flexibility index (Phi) is 3.68. The van der Waals surface area contributed by atoms with Crippen molar-refractivity contribution in [3.05, 3.63) is 35.1 Å². The van der Waals surface area contributed by atoms with Gasteiger partial charge in [-0.15, -0.1) is 0 Å². The number of carbonyl (C=O) groups is 1. The number of piperidine rings is 1. The fourth-order valence-corrected chi connectivity index (χ4v) is 2.38. The predicted octanol–water partition coefficient (Wildman–Crippen LogP) is 1.72. The highest BCUT2D eigenvalue weighted by atomic mass is 19.2. The van der Waals surface area contributed by atoms with Gasteiger partial charge in [-0.2, -0.15) is 0 Å². The zero-order valence-corrected chi connectivity index (χ0v) is 9.57. The van der Waals surface area contributed by atoms with Crippen molar-refractivity contribution in [1.29, 1.82) is 0 Å². The molecule has 0 amide bonds. The maximum absolute atomic E-state index is 13.7. The molecule has 0 aliphatic carbocycles. The minimum absolute atomic E-state index is 0.00106. The lowest BCUT2D eigenvalue weighted by Gasteiger charge is -2.35. The first-order valence-electron chi connectivity index (χ1n) is 5.66. The standard InChI is InChI=1S/C12H13F3N2O/c13-9-4-3-8(11(14)12(9)15)7-2-1-5-17(16)10(7)6-18/h3-4,6-7,10H,1-2,5,16H2. The molecule has 2 atom stereocenters. The van der Waals surface area contributed by atoms with Crippen LogP contribution in [0.1, 0.15) is 24.3 Å². The molecule has 0 aromatic heterocycles. The van der Waals surface area contributed by atoms with Crippen molar-refractivity contribution in [3.8, 4) is 0 Å². The summed E-state index contributed by atoms with van der Waals surface area (Å²) >= 11 is 0. The molecule has 1 aliphatic heterocycles. The summed E-state index contributed by atoms with van der Waals surface area (Å²) in [5.41, 5.74) is 0.00106. The summed E-state index contributed by atoms with van der Waals surface area (Å²) in [7, 11) is 0. The first-order chi connectivity index (χ1) is 8.56. The molecule has 98 valence electrons. The van der Waals surface area contributed by atoms with E-state index in [0.29, 0.717) is 25.7 Å². The molecule has 1 aliphatic rings. The molecule has 1 fully saturated rings. The maximum atomic E-state index is 13.7. The second kappa shape index (κ2) is 5.07. The lowest BCUT2D eigenvalue weighted by molar-refractivity contribution is -0.114. The van der Waals surface area contributed by atoms with Crippen molar-refractivity contribution in [1.82, 2.24) is 5.01 Å². The van der Waals surface area contributed by atoms with E-state index in [1.165, 1.54) is 11.1 Å². The highest BCUT2D eigenvalue weighted by Gasteiger charge is 2.33. The number of hydrogen-bond acceptors (Lipinski definition) is 3. The summed E-state index contributed by atoms with van der Waals surface area (Å²) < 4.78 is 39.7. The quantitative estimate of drug-likeness (QED) is 0.499. The first-order valence-corrected chi connectivity index (χ1v) is 5.66. The Morgan fingerprint density at radius 2 is 2.00 bits per heavy atom. The van der Waals surface area contributed by atoms with E-state index >= 15 is 0 Å². The number of hydrazine groups is 1. The van der Waals surface area contributed by atoms with Crippen LogP contribution in [0.4, 0.5) is 13.2 Å². The van der Waals surface area contributed by atoms with Crippen LogP contribution in [0.15, 0.2) is 12.1 Å². The lowest BCUT2D eigenvalue weighted by atomic mass is 9.84. The van der Waals surface area contributed by atoms with Crippen LogP contribution in [-0.4, -0.2) is 23.9 Å². The molecule has 18 heavy (non-hydrogen) atoms. The Bertz CT molecular complexity index is 467. The summed E-state index contributed by atoms with van der Waals surface area (Å²) in [6, 6.07) is 1.33. The van der Waals surface area contributed by atoms with E-state index < -0.39 is 29.4 Å². The molecule has 0 saturated carbocycles. The molecule has 0 spiro atoms. The van der Waals surface area contributed by atoms with E-state index in [9.17, 15) is 18.0 Å². The molecule has 0 bridgehead atoms. The third-order valence-electron chi connectivity index (χ3n) is 3.33. The predicted molar refractivity (Wildman–Crippen MR) is 59.0 cm³/mol. The summed E-state index contributed by atoms with van der Waals surface area (Å²) in [6.07, 6.45) is 1.80. The molecule has 1 aromatic rings. The van der Waals surface area contributed by atoms with Crippen LogP contribution >= 0.6 is 0 Å². The van der Waals surface area contributed by atoms with E-state index in [1.54, 1.807) is 0 Å². The number of aldehydes is 1. The van der Waals surface area contributed by atoms with Gasteiger partial charge < -0.3 is 4.79 Å². The fraction of sp³-hybridized carbons (Fsp3) is 0.417. The van der Waals surface area contributed by atoms with E-state index in [0.717, 1.165) is 6.07 Å². The SMILES string of the molecule is NN1CCCC(c2ccc(F)c(F)c2F)C1C=O. The second-order valence-electron chi connectivity index (χ2n) is 4.38. The number of nitrogens with two attached hydrogens (primary N) is 1. The van der Waals surface area contributed by atoms with Gasteiger partial charge in [-0.05, 0) is 24.5 Å². The van der Waals surface area contributed by atoms with Crippen molar-refractivity contribution in [2.75, 3.05) is 6.54 Å². The topological polar surface area (TPSA) is 46.3 Å². The van der Waals surface area contributed by atoms with Gasteiger partial charge in [0.15, 0.2) is 17.5 Å². The van der Waals surface area contributed by atoms with Crippen LogP contribution in [0.2, 0.25) is 0 Å². The van der Waals surface area contributed by atoms with E-state index in [2.05, 4.69) is 0 Å². The zero-order valence-electron chi connectivity index (χ0n) is 9.57. The van der Waals surface area contributed by atoms with Crippen molar-refractivity contribution in [2.24, 2.45) is 5.84 Å². The zero-order chi connectivity index (χ0) is 13.3. The molecule has 3 nitrogen and oxygen atoms in total. The van der Waals surface area contributed by atoms with Crippen molar-refractivity contribution in [3.63, 3.8) is 0 Å². The average Bonchev–Trinajstić information content (AvgIpc) is 2.36. The third kappa shape index (κ3) is 2.13. The molecular formula is C12H13F3N2O. The molecule has 2 unspecified atom stereocenters. The van der Waals surface area contributed by atoms with E-state index in [1.807, 2.05) is 0 Å². The average molecular weight is 258 g/mol. The largest absolute Gasteiger partial charge is 0.302 e. The number of hydrogen-bond donors (Lipinski definition) is 1. The van der Waals surface area contributed by atoms with Crippen LogP contribution in [0, 0.1) is 17.5 Å². The van der Waals surface area contributed by atoms with Crippen LogP contribution in [0.3, 0.4) is 0 Å². The van der Waals surface area contributed by atoms with Crippen LogP contribution in [0.5, 0.6) is 0 Å². The van der Waals surface area contributed by atoms with Gasteiger partial charge in [-0.3, -0.25) is 5.84 Å². The third-order valence-corrected chi connectivity index (χ3v) is 3.33. The smallest absolute Gasteiger partial charge is 0.194 e. The Morgan fingerprint density at radius 1 is 1.28 bits per heavy atom. The highest BCUT2D eigenvalue weighted by Crippen LogP contribution is 2.33. The summed E-state index contributed by atoms with van der Waals surface area (Å²) in [5.74, 6) is 1.12. The van der Waals surface area contributed by atoms with Gasteiger partial charge in [0.05, 0.1) is 6.04 Å². The van der Waals surface area contributed by atoms with Crippen molar-refractivity contribution < 1.29 is 18.0 Å². The second-order valence-corrected chi connectivity index (χ2v) is 4.38. The van der Waals surface area contributed by atoms with Gasteiger partial charge in [0.1, 0.15) is 6.29 Å². The fourth-order valence-electron chi connectivity index (χ4n) is 2.38. The van der Waals surface area contributed by atoms with Gasteiger partial charge in [0.2, 0.25) is 0 Å². The molecule has 2 N–H and O–H groups in total. The first kappa shape index (κ1) is 13.0. The molecule has 1 aromatic carbocycles. The Hall–Kier alpha value is -1.40. The molecular weight excluding hydrogens is 245 g/mol. The van der Waals surface area contributed by atoms with Crippen molar-refractivity contribution >= 4 is 6.29 Å². The molecule has 1 heterocycles. The number of halogens is 3. The lowest BCUT2D eigenvalue weighted by Crippen LogP contribution is -2.49. The van der Waals surface area contributed by atoms with Crippen LogP contribution in [-0.2, 0) is 4.79 Å². The Morgan fingerprint density at radius 3 is 2.67 bits per heavy atom. The highest BCUT2D eigenvalue weighted by molar-refractivity contribution is 5.60. The van der Waals surface area contributed by atoms with E-state index in [-0.39, 0.29) is 5.56 Å².